The average Bonchev–Trinajstić information content (AvgIpc) is 2.69. The fourth-order valence-electron chi connectivity index (χ4n) is 2.15. The second kappa shape index (κ2) is 5.56. The molecule has 9 heteroatoms. The number of rotatable bonds is 4. The van der Waals surface area contributed by atoms with Gasteiger partial charge in [0.25, 0.3) is 18.0 Å². The van der Waals surface area contributed by atoms with Crippen molar-refractivity contribution in [3.05, 3.63) is 29.8 Å². The van der Waals surface area contributed by atoms with Crippen molar-refractivity contribution in [2.75, 3.05) is 11.9 Å². The van der Waals surface area contributed by atoms with E-state index < -0.39 is 36.3 Å². The Morgan fingerprint density at radius 3 is 2.64 bits per heavy atom. The van der Waals surface area contributed by atoms with Gasteiger partial charge in [0.05, 0.1) is 0 Å². The van der Waals surface area contributed by atoms with E-state index in [2.05, 4.69) is 5.32 Å². The van der Waals surface area contributed by atoms with Crippen LogP contribution in [-0.2, 0) is 15.2 Å². The van der Waals surface area contributed by atoms with Crippen molar-refractivity contribution >= 4 is 17.5 Å². The molecule has 0 bridgehead atoms. The zero-order valence-corrected chi connectivity index (χ0v) is 11.1. The molecule has 0 aromatic heterocycles. The Morgan fingerprint density at radius 2 is 2.00 bits per heavy atom. The quantitative estimate of drug-likeness (QED) is 0.730. The average molecular weight is 320 g/mol. The van der Waals surface area contributed by atoms with Crippen LogP contribution in [0.3, 0.4) is 0 Å². The predicted octanol–water partition coefficient (Wildman–Crippen LogP) is 1.23. The maximum atomic E-state index is 12.7. The van der Waals surface area contributed by atoms with Crippen LogP contribution in [0.5, 0.6) is 0 Å². The molecule has 1 aliphatic rings. The monoisotopic (exact) mass is 320 g/mol. The van der Waals surface area contributed by atoms with E-state index in [1.807, 2.05) is 0 Å². The van der Waals surface area contributed by atoms with Crippen LogP contribution in [0, 0.1) is 0 Å². The molecule has 1 aliphatic heterocycles. The zero-order chi connectivity index (χ0) is 16.5. The van der Waals surface area contributed by atoms with Crippen LogP contribution in [-0.4, -0.2) is 35.8 Å². The molecule has 0 spiro atoms. The van der Waals surface area contributed by atoms with Gasteiger partial charge in [0.1, 0.15) is 0 Å². The SMILES string of the molecule is O=C(NCCC1(O)C(=O)Nc2ccccc21)C(F)C(F)(F)F. The summed E-state index contributed by atoms with van der Waals surface area (Å²) >= 11 is 0. The van der Waals surface area contributed by atoms with Crippen LogP contribution in [0.2, 0.25) is 0 Å². The van der Waals surface area contributed by atoms with Gasteiger partial charge < -0.3 is 15.7 Å². The van der Waals surface area contributed by atoms with Crippen LogP contribution in [0.1, 0.15) is 12.0 Å². The van der Waals surface area contributed by atoms with Crippen molar-refractivity contribution in [2.45, 2.75) is 24.4 Å². The summed E-state index contributed by atoms with van der Waals surface area (Å²) in [7, 11) is 0. The summed E-state index contributed by atoms with van der Waals surface area (Å²) in [6.45, 7) is -0.492. The molecule has 2 rings (SSSR count). The van der Waals surface area contributed by atoms with Crippen molar-refractivity contribution in [1.29, 1.82) is 0 Å². The number of nitrogens with one attached hydrogen (secondary N) is 2. The Bertz CT molecular complexity index is 605. The molecule has 5 nitrogen and oxygen atoms in total. The van der Waals surface area contributed by atoms with Crippen LogP contribution in [0.25, 0.3) is 0 Å². The van der Waals surface area contributed by atoms with E-state index in [4.69, 9.17) is 0 Å². The number of para-hydroxylation sites is 1. The van der Waals surface area contributed by atoms with Crippen LogP contribution < -0.4 is 10.6 Å². The van der Waals surface area contributed by atoms with Gasteiger partial charge in [0.2, 0.25) is 0 Å². The van der Waals surface area contributed by atoms with E-state index in [1.165, 1.54) is 6.07 Å². The van der Waals surface area contributed by atoms with E-state index in [1.54, 1.807) is 23.5 Å². The Balaban J connectivity index is 2.00. The van der Waals surface area contributed by atoms with Crippen molar-refractivity contribution in [2.24, 2.45) is 0 Å². The minimum absolute atomic E-state index is 0.252. The molecule has 1 aromatic carbocycles. The lowest BCUT2D eigenvalue weighted by molar-refractivity contribution is -0.186. The molecular formula is C13H12F4N2O3. The lowest BCUT2D eigenvalue weighted by Gasteiger charge is -2.21. The number of amides is 2. The first-order valence-corrected chi connectivity index (χ1v) is 6.28. The summed E-state index contributed by atoms with van der Waals surface area (Å²) in [6, 6.07) is 6.22. The standard InChI is InChI=1S/C13H12F4N2O3/c14-9(13(15,16)17)10(20)18-6-5-12(22)7-3-1-2-4-8(7)19-11(12)21/h1-4,9,22H,5-6H2,(H,18,20)(H,19,21). The molecule has 1 heterocycles. The van der Waals surface area contributed by atoms with E-state index in [0.717, 1.165) is 0 Å². The molecule has 2 atom stereocenters. The molecule has 22 heavy (non-hydrogen) atoms. The van der Waals surface area contributed by atoms with Gasteiger partial charge in [0, 0.05) is 24.2 Å². The number of halogens is 4. The summed E-state index contributed by atoms with van der Waals surface area (Å²) in [6.07, 6.45) is -9.32. The number of benzene rings is 1. The topological polar surface area (TPSA) is 78.4 Å². The van der Waals surface area contributed by atoms with Gasteiger partial charge in [-0.25, -0.2) is 4.39 Å². The number of aliphatic hydroxyl groups is 1. The van der Waals surface area contributed by atoms with Crippen LogP contribution in [0.4, 0.5) is 23.2 Å². The molecule has 120 valence electrons. The molecule has 0 saturated heterocycles. The number of hydrogen-bond acceptors (Lipinski definition) is 3. The van der Waals surface area contributed by atoms with Gasteiger partial charge in [0.15, 0.2) is 5.60 Å². The number of anilines is 1. The molecule has 1 aromatic rings. The minimum Gasteiger partial charge on any atom is -0.375 e. The van der Waals surface area contributed by atoms with Gasteiger partial charge in [-0.05, 0) is 6.07 Å². The number of fused-ring (bicyclic) bond motifs is 1. The third-order valence-electron chi connectivity index (χ3n) is 3.30. The Hall–Kier alpha value is -2.16. The van der Waals surface area contributed by atoms with Crippen LogP contribution in [0.15, 0.2) is 24.3 Å². The molecule has 0 fully saturated rings. The molecular weight excluding hydrogens is 308 g/mol. The second-order valence-corrected chi connectivity index (χ2v) is 4.81. The van der Waals surface area contributed by atoms with E-state index in [9.17, 15) is 32.3 Å². The largest absolute Gasteiger partial charge is 0.428 e. The lowest BCUT2D eigenvalue weighted by Crippen LogP contribution is -2.44. The van der Waals surface area contributed by atoms with E-state index >= 15 is 0 Å². The number of carbonyl (C=O) groups excluding carboxylic acids is 2. The van der Waals surface area contributed by atoms with Crippen molar-refractivity contribution in [1.82, 2.24) is 5.32 Å². The molecule has 0 aliphatic carbocycles. The first-order valence-electron chi connectivity index (χ1n) is 6.28. The normalized spacial score (nSPS) is 22.0. The summed E-state index contributed by atoms with van der Waals surface area (Å²) < 4.78 is 48.8. The van der Waals surface area contributed by atoms with Gasteiger partial charge in [-0.2, -0.15) is 13.2 Å². The fourth-order valence-corrected chi connectivity index (χ4v) is 2.15. The van der Waals surface area contributed by atoms with Crippen molar-refractivity contribution < 1.29 is 32.3 Å². The number of hydrogen-bond donors (Lipinski definition) is 3. The van der Waals surface area contributed by atoms with Gasteiger partial charge >= 0.3 is 6.18 Å². The molecule has 3 N–H and O–H groups in total. The first-order chi connectivity index (χ1) is 10.2. The highest BCUT2D eigenvalue weighted by Crippen LogP contribution is 2.37. The minimum atomic E-state index is -5.29. The fraction of sp³-hybridized carbons (Fsp3) is 0.385. The van der Waals surface area contributed by atoms with E-state index in [-0.39, 0.29) is 12.0 Å². The summed E-state index contributed by atoms with van der Waals surface area (Å²) in [5.41, 5.74) is -1.35. The third-order valence-corrected chi connectivity index (χ3v) is 3.30. The molecule has 2 amide bonds. The predicted molar refractivity (Wildman–Crippen MR) is 67.5 cm³/mol. The summed E-state index contributed by atoms with van der Waals surface area (Å²) in [5, 5.41) is 14.5. The smallest absolute Gasteiger partial charge is 0.375 e. The highest BCUT2D eigenvalue weighted by molar-refractivity contribution is 6.04. The Labute approximate surface area is 122 Å². The van der Waals surface area contributed by atoms with E-state index in [0.29, 0.717) is 5.69 Å². The first kappa shape index (κ1) is 16.2. The van der Waals surface area contributed by atoms with Crippen LogP contribution >= 0.6 is 0 Å². The summed E-state index contributed by atoms with van der Waals surface area (Å²) in [4.78, 5) is 22.8. The maximum absolute atomic E-state index is 12.7. The number of alkyl halides is 4. The summed E-state index contributed by atoms with van der Waals surface area (Å²) in [5.74, 6) is -2.61. The third kappa shape index (κ3) is 2.89. The van der Waals surface area contributed by atoms with Gasteiger partial charge in [-0.3, -0.25) is 9.59 Å². The Morgan fingerprint density at radius 1 is 1.36 bits per heavy atom. The second-order valence-electron chi connectivity index (χ2n) is 4.81. The zero-order valence-electron chi connectivity index (χ0n) is 11.1. The molecule has 0 radical (unpaired) electrons. The highest BCUT2D eigenvalue weighted by atomic mass is 19.4. The lowest BCUT2D eigenvalue weighted by atomic mass is 9.92. The van der Waals surface area contributed by atoms with Gasteiger partial charge in [-0.1, -0.05) is 18.2 Å². The molecule has 0 saturated carbocycles. The van der Waals surface area contributed by atoms with Gasteiger partial charge in [-0.15, -0.1) is 0 Å². The maximum Gasteiger partial charge on any atom is 0.428 e. The Kier molecular flexibility index (Phi) is 4.10. The number of carbonyl (C=O) groups is 2. The van der Waals surface area contributed by atoms with Crippen molar-refractivity contribution in [3.8, 4) is 0 Å². The highest BCUT2D eigenvalue weighted by Gasteiger charge is 2.47. The molecule has 2 unspecified atom stereocenters. The van der Waals surface area contributed by atoms with Crippen molar-refractivity contribution in [3.63, 3.8) is 0 Å².